The zero-order valence-corrected chi connectivity index (χ0v) is 23.3. The van der Waals surface area contributed by atoms with Crippen molar-refractivity contribution in [1.82, 2.24) is 5.32 Å². The third-order valence-corrected chi connectivity index (χ3v) is 8.28. The number of benzene rings is 3. The number of nitrogens with zero attached hydrogens (tertiary/aromatic N) is 1. The van der Waals surface area contributed by atoms with Gasteiger partial charge >= 0.3 is 0 Å². The molecule has 38 heavy (non-hydrogen) atoms. The number of sulfonamides is 1. The van der Waals surface area contributed by atoms with Gasteiger partial charge in [0.1, 0.15) is 12.4 Å². The molecule has 0 aromatic heterocycles. The largest absolute Gasteiger partial charge is 0.492 e. The third kappa shape index (κ3) is 5.64. The summed E-state index contributed by atoms with van der Waals surface area (Å²) >= 11 is 6.32. The normalized spacial score (nSPS) is 14.6. The molecule has 8 heteroatoms. The minimum Gasteiger partial charge on any atom is -0.492 e. The first-order valence-corrected chi connectivity index (χ1v) is 14.1. The zero-order valence-electron chi connectivity index (χ0n) is 21.7. The van der Waals surface area contributed by atoms with E-state index in [2.05, 4.69) is 32.7 Å². The fraction of sp³-hybridized carbons (Fsp3) is 0.233. The standard InChI is InChI=1S/C30H31ClN2O4S/c1-5-18-33-26-16-13-23(31)20-25(26)27(21-9-7-6-8-10-21)28(38(33,35)36)29(34)32-17-19-37-24-14-11-22(12-15-24)30(2,3)4/h5-16,20H,1,17-19H2,2-4H3,(H,32,34). The molecule has 1 heterocycles. The smallest absolute Gasteiger partial charge is 0.270 e. The van der Waals surface area contributed by atoms with Gasteiger partial charge in [0, 0.05) is 16.2 Å². The van der Waals surface area contributed by atoms with Crippen molar-refractivity contribution >= 4 is 38.8 Å². The predicted octanol–water partition coefficient (Wildman–Crippen LogP) is 5.93. The lowest BCUT2D eigenvalue weighted by molar-refractivity contribution is -0.116. The van der Waals surface area contributed by atoms with E-state index in [0.29, 0.717) is 33.2 Å². The Morgan fingerprint density at radius 2 is 1.74 bits per heavy atom. The molecule has 1 aliphatic rings. The van der Waals surface area contributed by atoms with E-state index in [1.54, 1.807) is 42.5 Å². The second kappa shape index (κ2) is 11.1. The number of halogens is 1. The van der Waals surface area contributed by atoms with Crippen LogP contribution in [-0.4, -0.2) is 34.0 Å². The fourth-order valence-electron chi connectivity index (χ4n) is 4.32. The lowest BCUT2D eigenvalue weighted by Crippen LogP contribution is -2.42. The van der Waals surface area contributed by atoms with Crippen LogP contribution in [0.5, 0.6) is 5.75 Å². The maximum Gasteiger partial charge on any atom is 0.270 e. The van der Waals surface area contributed by atoms with E-state index in [0.717, 1.165) is 0 Å². The summed E-state index contributed by atoms with van der Waals surface area (Å²) in [5.41, 5.74) is 3.11. The molecule has 1 N–H and O–H groups in total. The van der Waals surface area contributed by atoms with Gasteiger partial charge in [-0.2, -0.15) is 0 Å². The van der Waals surface area contributed by atoms with Gasteiger partial charge in [-0.05, 0) is 46.9 Å². The van der Waals surface area contributed by atoms with Gasteiger partial charge in [-0.3, -0.25) is 9.10 Å². The number of ether oxygens (including phenoxy) is 1. The topological polar surface area (TPSA) is 75.7 Å². The van der Waals surface area contributed by atoms with Crippen LogP contribution in [-0.2, 0) is 20.2 Å². The molecule has 0 unspecified atom stereocenters. The van der Waals surface area contributed by atoms with E-state index in [1.165, 1.54) is 15.9 Å². The zero-order chi connectivity index (χ0) is 27.5. The highest BCUT2D eigenvalue weighted by molar-refractivity contribution is 7.97. The molecule has 3 aromatic rings. The summed E-state index contributed by atoms with van der Waals surface area (Å²) in [6.07, 6.45) is 1.48. The van der Waals surface area contributed by atoms with Crippen LogP contribution in [0.1, 0.15) is 37.5 Å². The molecular weight excluding hydrogens is 520 g/mol. The monoisotopic (exact) mass is 550 g/mol. The summed E-state index contributed by atoms with van der Waals surface area (Å²) in [6.45, 7) is 10.4. The number of carbonyl (C=O) groups excluding carboxylic acids is 1. The van der Waals surface area contributed by atoms with E-state index < -0.39 is 15.9 Å². The molecule has 0 saturated carbocycles. The van der Waals surface area contributed by atoms with E-state index >= 15 is 0 Å². The van der Waals surface area contributed by atoms with E-state index in [9.17, 15) is 13.2 Å². The van der Waals surface area contributed by atoms with Gasteiger partial charge in [0.25, 0.3) is 15.9 Å². The minimum absolute atomic E-state index is 0.00346. The number of carbonyl (C=O) groups is 1. The number of amides is 1. The molecule has 0 bridgehead atoms. The summed E-state index contributed by atoms with van der Waals surface area (Å²) in [5, 5.41) is 3.17. The van der Waals surface area contributed by atoms with Gasteiger partial charge < -0.3 is 10.1 Å². The summed E-state index contributed by atoms with van der Waals surface area (Å²) in [5.74, 6) is -0.0438. The second-order valence-corrected chi connectivity index (χ2v) is 12.2. The number of nitrogens with one attached hydrogen (secondary N) is 1. The molecule has 1 aliphatic heterocycles. The summed E-state index contributed by atoms with van der Waals surface area (Å²) in [6, 6.07) is 21.7. The van der Waals surface area contributed by atoms with Crippen LogP contribution >= 0.6 is 11.6 Å². The molecule has 0 radical (unpaired) electrons. The van der Waals surface area contributed by atoms with Crippen LogP contribution in [0.2, 0.25) is 5.02 Å². The molecule has 0 aliphatic carbocycles. The lowest BCUT2D eigenvalue weighted by Gasteiger charge is -2.33. The first-order chi connectivity index (χ1) is 18.0. The van der Waals surface area contributed by atoms with Crippen LogP contribution in [0.15, 0.2) is 90.4 Å². The number of hydrogen-bond acceptors (Lipinski definition) is 4. The molecule has 3 aromatic carbocycles. The van der Waals surface area contributed by atoms with Gasteiger partial charge in [0.15, 0.2) is 4.91 Å². The Morgan fingerprint density at radius 3 is 2.37 bits per heavy atom. The quantitative estimate of drug-likeness (QED) is 0.279. The van der Waals surface area contributed by atoms with Crippen molar-refractivity contribution in [3.63, 3.8) is 0 Å². The van der Waals surface area contributed by atoms with E-state index in [4.69, 9.17) is 16.3 Å². The molecule has 198 valence electrons. The Hall–Kier alpha value is -3.55. The fourth-order valence-corrected chi connectivity index (χ4v) is 6.22. The average molecular weight is 551 g/mol. The van der Waals surface area contributed by atoms with Crippen molar-refractivity contribution in [1.29, 1.82) is 0 Å². The summed E-state index contributed by atoms with van der Waals surface area (Å²) < 4.78 is 34.6. The van der Waals surface area contributed by atoms with Crippen LogP contribution in [0, 0.1) is 0 Å². The molecule has 0 atom stereocenters. The van der Waals surface area contributed by atoms with Crippen LogP contribution in [0.3, 0.4) is 0 Å². The summed E-state index contributed by atoms with van der Waals surface area (Å²) in [7, 11) is -4.21. The lowest BCUT2D eigenvalue weighted by atomic mass is 9.87. The van der Waals surface area contributed by atoms with Crippen molar-refractivity contribution in [2.24, 2.45) is 0 Å². The SMILES string of the molecule is C=CCN1c2ccc(Cl)cc2C(c2ccccc2)=C(C(=O)NCCOc2ccc(C(C)(C)C)cc2)S1(=O)=O. The highest BCUT2D eigenvalue weighted by Gasteiger charge is 2.40. The molecule has 0 fully saturated rings. The van der Waals surface area contributed by atoms with Crippen LogP contribution in [0.4, 0.5) is 5.69 Å². The van der Waals surface area contributed by atoms with Crippen LogP contribution < -0.4 is 14.4 Å². The van der Waals surface area contributed by atoms with E-state index in [1.807, 2.05) is 30.3 Å². The van der Waals surface area contributed by atoms with Gasteiger partial charge in [-0.1, -0.05) is 80.9 Å². The number of fused-ring (bicyclic) bond motifs is 1. The maximum atomic E-state index is 13.8. The number of rotatable bonds is 8. The first-order valence-electron chi connectivity index (χ1n) is 12.3. The second-order valence-electron chi connectivity index (χ2n) is 9.94. The Balaban J connectivity index is 1.64. The van der Waals surface area contributed by atoms with Crippen molar-refractivity contribution in [3.8, 4) is 5.75 Å². The van der Waals surface area contributed by atoms with Gasteiger partial charge in [0.2, 0.25) is 0 Å². The number of hydrogen-bond donors (Lipinski definition) is 1. The van der Waals surface area contributed by atoms with Crippen molar-refractivity contribution in [2.45, 2.75) is 26.2 Å². The Kier molecular flexibility index (Phi) is 7.99. The highest BCUT2D eigenvalue weighted by Crippen LogP contribution is 2.43. The van der Waals surface area contributed by atoms with Crippen molar-refractivity contribution < 1.29 is 17.9 Å². The maximum absolute atomic E-state index is 13.8. The van der Waals surface area contributed by atoms with Gasteiger partial charge in [0.05, 0.1) is 18.8 Å². The Labute approximate surface area is 229 Å². The molecule has 0 spiro atoms. The van der Waals surface area contributed by atoms with Gasteiger partial charge in [-0.25, -0.2) is 8.42 Å². The molecule has 6 nitrogen and oxygen atoms in total. The van der Waals surface area contributed by atoms with Gasteiger partial charge in [-0.15, -0.1) is 6.58 Å². The number of anilines is 1. The van der Waals surface area contributed by atoms with Crippen molar-refractivity contribution in [3.05, 3.63) is 112 Å². The highest BCUT2D eigenvalue weighted by atomic mass is 35.5. The van der Waals surface area contributed by atoms with Crippen molar-refractivity contribution in [2.75, 3.05) is 24.0 Å². The molecule has 1 amide bonds. The third-order valence-electron chi connectivity index (χ3n) is 6.21. The first kappa shape index (κ1) is 27.5. The molecule has 0 saturated heterocycles. The van der Waals surface area contributed by atoms with E-state index in [-0.39, 0.29) is 30.0 Å². The Bertz CT molecular complexity index is 1470. The summed E-state index contributed by atoms with van der Waals surface area (Å²) in [4.78, 5) is 13.2. The van der Waals surface area contributed by atoms with Crippen LogP contribution in [0.25, 0.3) is 5.57 Å². The predicted molar refractivity (Wildman–Crippen MR) is 154 cm³/mol. The average Bonchev–Trinajstić information content (AvgIpc) is 2.88. The molecular formula is C30H31ClN2O4S. The molecule has 4 rings (SSSR count). The Morgan fingerprint density at radius 1 is 1.05 bits per heavy atom. The minimum atomic E-state index is -4.21.